The zero-order chi connectivity index (χ0) is 31.4. The first kappa shape index (κ1) is 29.5. The van der Waals surface area contributed by atoms with Gasteiger partial charge in [0.15, 0.2) is 17.3 Å². The summed E-state index contributed by atoms with van der Waals surface area (Å²) in [5.74, 6) is -0.00560. The number of anilines is 1. The first-order valence-electron chi connectivity index (χ1n) is 17.1. The summed E-state index contributed by atoms with van der Waals surface area (Å²) in [7, 11) is 2.11. The lowest BCUT2D eigenvalue weighted by molar-refractivity contribution is 0.0949. The Kier molecular flexibility index (Phi) is 7.69. The van der Waals surface area contributed by atoms with Gasteiger partial charge in [-0.25, -0.2) is 4.39 Å². The highest BCUT2D eigenvalue weighted by Gasteiger charge is 2.33. The van der Waals surface area contributed by atoms with E-state index >= 15 is 4.39 Å². The zero-order valence-corrected chi connectivity index (χ0v) is 26.6. The largest absolute Gasteiger partial charge is 0.451 e. The molecular weight excluding hydrogens is 581 g/mol. The van der Waals surface area contributed by atoms with Crippen LogP contribution in [-0.2, 0) is 0 Å². The Balaban J connectivity index is 1.19. The number of likely N-dealkylation sites (tertiary alicyclic amines) is 2. The van der Waals surface area contributed by atoms with Gasteiger partial charge in [0.1, 0.15) is 16.8 Å². The Morgan fingerprint density at radius 1 is 0.957 bits per heavy atom. The topological polar surface area (TPSA) is 70.1 Å². The van der Waals surface area contributed by atoms with E-state index in [-0.39, 0.29) is 10.9 Å². The number of nitrogens with one attached hydrogen (secondary N) is 1. The Labute approximate surface area is 268 Å². The number of nitrogens with zero attached hydrogens (tertiary/aromatic N) is 4. The molecule has 1 unspecified atom stereocenters. The monoisotopic (exact) mass is 623 g/mol. The number of benzene rings is 3. The molecule has 4 aliphatic heterocycles. The molecule has 240 valence electrons. The summed E-state index contributed by atoms with van der Waals surface area (Å²) in [4.78, 5) is 34.5. The van der Waals surface area contributed by atoms with Crippen molar-refractivity contribution >= 4 is 33.3 Å². The number of aromatic nitrogens is 1. The van der Waals surface area contributed by atoms with Crippen LogP contribution in [0.4, 0.5) is 10.1 Å². The van der Waals surface area contributed by atoms with Crippen molar-refractivity contribution in [1.29, 1.82) is 0 Å². The molecular formula is C37H42FN5O3. The molecule has 46 heavy (non-hydrogen) atoms. The number of carbonyl (C=O) groups excluding carboxylic acids is 1. The van der Waals surface area contributed by atoms with Crippen LogP contribution in [0.2, 0.25) is 0 Å². The molecule has 4 aliphatic rings. The lowest BCUT2D eigenvalue weighted by Crippen LogP contribution is -2.47. The van der Waals surface area contributed by atoms with Crippen molar-refractivity contribution in [1.82, 2.24) is 19.7 Å². The first-order chi connectivity index (χ1) is 22.5. The molecule has 1 amide bonds. The summed E-state index contributed by atoms with van der Waals surface area (Å²) in [6.07, 6.45) is 10.4. The van der Waals surface area contributed by atoms with Gasteiger partial charge < -0.3 is 29.3 Å². The van der Waals surface area contributed by atoms with E-state index < -0.39 is 17.2 Å². The molecule has 8 rings (SSSR count). The van der Waals surface area contributed by atoms with E-state index in [0.29, 0.717) is 54.4 Å². The molecule has 1 N–H and O–H groups in total. The second-order valence-electron chi connectivity index (χ2n) is 13.6. The highest BCUT2D eigenvalue weighted by atomic mass is 19.1. The van der Waals surface area contributed by atoms with Gasteiger partial charge in [-0.15, -0.1) is 0 Å². The maximum absolute atomic E-state index is 16.3. The van der Waals surface area contributed by atoms with Crippen LogP contribution in [0.15, 0.2) is 53.5 Å². The number of ether oxygens (including phenoxy) is 1. The third kappa shape index (κ3) is 5.14. The van der Waals surface area contributed by atoms with E-state index in [1.807, 2.05) is 41.0 Å². The van der Waals surface area contributed by atoms with Gasteiger partial charge in [0.05, 0.1) is 11.1 Å². The fraction of sp³-hybridized carbons (Fsp3) is 0.459. The smallest absolute Gasteiger partial charge is 0.256 e. The van der Waals surface area contributed by atoms with Gasteiger partial charge in [-0.05, 0) is 101 Å². The molecule has 9 heteroatoms. The van der Waals surface area contributed by atoms with E-state index in [4.69, 9.17) is 4.74 Å². The van der Waals surface area contributed by atoms with Crippen molar-refractivity contribution in [3.63, 3.8) is 0 Å². The van der Waals surface area contributed by atoms with Crippen molar-refractivity contribution in [3.05, 3.63) is 70.3 Å². The van der Waals surface area contributed by atoms with E-state index in [1.54, 1.807) is 6.20 Å². The average Bonchev–Trinajstić information content (AvgIpc) is 3.49. The summed E-state index contributed by atoms with van der Waals surface area (Å²) >= 11 is 0. The van der Waals surface area contributed by atoms with Gasteiger partial charge >= 0.3 is 0 Å². The number of pyridine rings is 1. The van der Waals surface area contributed by atoms with E-state index in [1.165, 1.54) is 25.3 Å². The van der Waals surface area contributed by atoms with Crippen molar-refractivity contribution < 1.29 is 13.9 Å². The summed E-state index contributed by atoms with van der Waals surface area (Å²) in [6, 6.07) is 14.3. The quantitative estimate of drug-likeness (QED) is 0.248. The van der Waals surface area contributed by atoms with Gasteiger partial charge in [0.2, 0.25) is 5.43 Å². The second-order valence-corrected chi connectivity index (χ2v) is 13.6. The van der Waals surface area contributed by atoms with Crippen LogP contribution in [0.3, 0.4) is 0 Å². The molecule has 3 saturated heterocycles. The molecule has 5 heterocycles. The Morgan fingerprint density at radius 3 is 2.46 bits per heavy atom. The minimum Gasteiger partial charge on any atom is -0.451 e. The molecule has 1 atom stereocenters. The summed E-state index contributed by atoms with van der Waals surface area (Å²) < 4.78 is 24.8. The predicted octanol–water partition coefficient (Wildman–Crippen LogP) is 6.06. The Morgan fingerprint density at radius 2 is 1.72 bits per heavy atom. The zero-order valence-electron chi connectivity index (χ0n) is 26.6. The van der Waals surface area contributed by atoms with Crippen molar-refractivity contribution in [3.8, 4) is 17.2 Å². The van der Waals surface area contributed by atoms with Gasteiger partial charge in [-0.2, -0.15) is 0 Å². The standard InChI is InChI=1S/C37H42FN5O3/c1-40-15-7-10-26(40)11-14-39-37(45)29-23-43-31-20-24-8-3-4-9-25(24)21-32(31)46-36-33(43)28(35(29)44)22-30(38)34(36)42-18-12-27(13-19-42)41-16-5-2-6-17-41/h3-4,8-9,20-23,26-27H,2,5-7,10-19H2,1H3,(H,39,45). The van der Waals surface area contributed by atoms with E-state index in [0.717, 1.165) is 68.2 Å². The lowest BCUT2D eigenvalue weighted by atomic mass is 9.98. The van der Waals surface area contributed by atoms with E-state index in [2.05, 4.69) is 27.1 Å². The van der Waals surface area contributed by atoms with Gasteiger partial charge in [-0.3, -0.25) is 9.59 Å². The van der Waals surface area contributed by atoms with Crippen LogP contribution in [0.5, 0.6) is 11.5 Å². The average molecular weight is 624 g/mol. The number of carbonyl (C=O) groups is 1. The molecule has 4 aromatic rings. The number of amides is 1. The minimum atomic E-state index is -0.492. The van der Waals surface area contributed by atoms with E-state index in [9.17, 15) is 9.59 Å². The molecule has 0 spiro atoms. The fourth-order valence-corrected chi connectivity index (χ4v) is 8.28. The lowest BCUT2D eigenvalue weighted by Gasteiger charge is -2.41. The maximum atomic E-state index is 16.3. The maximum Gasteiger partial charge on any atom is 0.256 e. The second kappa shape index (κ2) is 12.0. The van der Waals surface area contributed by atoms with Gasteiger partial charge in [-0.1, -0.05) is 30.7 Å². The van der Waals surface area contributed by atoms with Crippen molar-refractivity contribution in [2.24, 2.45) is 0 Å². The summed E-state index contributed by atoms with van der Waals surface area (Å²) in [5.41, 5.74) is 1.15. The van der Waals surface area contributed by atoms with Gasteiger partial charge in [0, 0.05) is 37.9 Å². The number of fused-ring (bicyclic) bond motifs is 3. The third-order valence-corrected chi connectivity index (χ3v) is 10.8. The molecule has 0 radical (unpaired) electrons. The molecule has 8 nitrogen and oxygen atoms in total. The van der Waals surface area contributed by atoms with Crippen LogP contribution < -0.4 is 20.4 Å². The normalized spacial score (nSPS) is 20.7. The van der Waals surface area contributed by atoms with Crippen molar-refractivity contribution in [2.45, 2.75) is 63.5 Å². The Hall–Kier alpha value is -3.95. The summed E-state index contributed by atoms with van der Waals surface area (Å²) in [5, 5.41) is 5.14. The number of hydrogen-bond acceptors (Lipinski definition) is 6. The van der Waals surface area contributed by atoms with Crippen LogP contribution >= 0.6 is 0 Å². The molecule has 3 aromatic carbocycles. The third-order valence-electron chi connectivity index (χ3n) is 10.8. The molecule has 0 bridgehead atoms. The molecule has 0 saturated carbocycles. The first-order valence-corrected chi connectivity index (χ1v) is 17.1. The SMILES string of the molecule is CN1CCCC1CCNC(=O)c1cn2c3c(c(N4CCC(N5CCCCC5)CC4)c(F)cc3c1=O)Oc1cc3ccccc3cc1-2. The van der Waals surface area contributed by atoms with Crippen LogP contribution in [0, 0.1) is 5.82 Å². The van der Waals surface area contributed by atoms with Crippen LogP contribution in [0.25, 0.3) is 27.4 Å². The number of piperidine rings is 2. The molecule has 1 aromatic heterocycles. The van der Waals surface area contributed by atoms with Crippen LogP contribution in [-0.4, -0.2) is 78.7 Å². The van der Waals surface area contributed by atoms with Crippen LogP contribution in [0.1, 0.15) is 61.7 Å². The van der Waals surface area contributed by atoms with Crippen molar-refractivity contribution in [2.75, 3.05) is 51.2 Å². The molecule has 0 aliphatic carbocycles. The highest BCUT2D eigenvalue weighted by Crippen LogP contribution is 2.48. The minimum absolute atomic E-state index is 0.00808. The molecule has 3 fully saturated rings. The summed E-state index contributed by atoms with van der Waals surface area (Å²) in [6.45, 7) is 5.26. The fourth-order valence-electron chi connectivity index (χ4n) is 8.28. The van der Waals surface area contributed by atoms with Gasteiger partial charge in [0.25, 0.3) is 5.91 Å². The number of rotatable bonds is 6. The number of halogens is 1. The Bertz CT molecular complexity index is 1880. The number of hydrogen-bond donors (Lipinski definition) is 1. The highest BCUT2D eigenvalue weighted by molar-refractivity contribution is 6.02. The predicted molar refractivity (Wildman–Crippen MR) is 180 cm³/mol.